The molecule has 0 unspecified atom stereocenters. The Hall–Kier alpha value is -2.56. The van der Waals surface area contributed by atoms with Gasteiger partial charge in [-0.3, -0.25) is 19.9 Å². The summed E-state index contributed by atoms with van der Waals surface area (Å²) < 4.78 is 52.5. The van der Waals surface area contributed by atoms with Crippen LogP contribution in [0.1, 0.15) is 5.69 Å². The van der Waals surface area contributed by atoms with Gasteiger partial charge in [0.1, 0.15) is 10.7 Å². The third-order valence-electron chi connectivity index (χ3n) is 2.54. The molecule has 0 saturated carbocycles. The van der Waals surface area contributed by atoms with Gasteiger partial charge in [0, 0.05) is 6.07 Å². The molecule has 8 nitrogen and oxygen atoms in total. The van der Waals surface area contributed by atoms with Crippen LogP contribution in [0.2, 0.25) is 0 Å². The number of nitrogens with zero attached hydrogens (tertiary/aromatic N) is 2. The van der Waals surface area contributed by atoms with E-state index in [9.17, 15) is 27.3 Å². The quantitative estimate of drug-likeness (QED) is 0.657. The first-order valence-electron chi connectivity index (χ1n) is 5.38. The lowest BCUT2D eigenvalue weighted by atomic mass is 10.2. The van der Waals surface area contributed by atoms with Crippen molar-refractivity contribution in [3.8, 4) is 0 Å². The molecule has 0 saturated heterocycles. The van der Waals surface area contributed by atoms with E-state index in [4.69, 9.17) is 0 Å². The van der Waals surface area contributed by atoms with Gasteiger partial charge in [-0.05, 0) is 6.92 Å². The summed E-state index contributed by atoms with van der Waals surface area (Å²) in [5.74, 6) is -2.59. The van der Waals surface area contributed by atoms with Gasteiger partial charge in [-0.25, -0.2) is 17.2 Å². The van der Waals surface area contributed by atoms with E-state index in [1.54, 1.807) is 4.72 Å². The highest BCUT2D eigenvalue weighted by atomic mass is 32.2. The predicted octanol–water partition coefficient (Wildman–Crippen LogP) is 1.71. The number of hydrogen-bond acceptors (Lipinski definition) is 5. The number of halogens is 2. The summed E-state index contributed by atoms with van der Waals surface area (Å²) >= 11 is 0. The zero-order chi connectivity index (χ0) is 15.8. The van der Waals surface area contributed by atoms with E-state index >= 15 is 0 Å². The summed E-state index contributed by atoms with van der Waals surface area (Å²) in [5, 5.41) is 16.6. The maximum absolute atomic E-state index is 13.6. The minimum atomic E-state index is -4.30. The fourth-order valence-electron chi connectivity index (χ4n) is 1.60. The van der Waals surface area contributed by atoms with Crippen molar-refractivity contribution in [2.75, 3.05) is 4.72 Å². The van der Waals surface area contributed by atoms with Gasteiger partial charge in [-0.2, -0.15) is 5.10 Å². The summed E-state index contributed by atoms with van der Waals surface area (Å²) in [4.78, 5) is 9.39. The second-order valence-corrected chi connectivity index (χ2v) is 5.65. The molecule has 2 aromatic rings. The van der Waals surface area contributed by atoms with Crippen LogP contribution in [0.15, 0.2) is 23.2 Å². The maximum atomic E-state index is 13.6. The maximum Gasteiger partial charge on any atom is 0.299 e. The summed E-state index contributed by atoms with van der Waals surface area (Å²) in [5.41, 5.74) is -1.81. The molecular weight excluding hydrogens is 310 g/mol. The van der Waals surface area contributed by atoms with Gasteiger partial charge >= 0.3 is 0 Å². The molecule has 11 heteroatoms. The van der Waals surface area contributed by atoms with E-state index < -0.39 is 38.0 Å². The molecule has 0 atom stereocenters. The Morgan fingerprint density at radius 3 is 2.57 bits per heavy atom. The Labute approximate surface area is 117 Å². The third-order valence-corrected chi connectivity index (χ3v) is 4.00. The average Bonchev–Trinajstić information content (AvgIpc) is 2.79. The molecule has 1 aromatic heterocycles. The number of aromatic nitrogens is 2. The number of benzene rings is 1. The van der Waals surface area contributed by atoms with Gasteiger partial charge in [-0.1, -0.05) is 0 Å². The standard InChI is InChI=1S/C10H8F2N4O4S/c1-5-9(4-13-14-5)21(19,20)15-10-7(12)2-6(11)3-8(10)16(17)18/h2-4,15H,1H3,(H,13,14). The minimum Gasteiger partial charge on any atom is -0.281 e. The van der Waals surface area contributed by atoms with E-state index in [0.29, 0.717) is 12.1 Å². The SMILES string of the molecule is Cc1[nH]ncc1S(=O)(=O)Nc1c(F)cc(F)cc1[N+](=O)[O-]. The summed E-state index contributed by atoms with van der Waals surface area (Å²) in [6.45, 7) is 1.40. The van der Waals surface area contributed by atoms with Crippen molar-refractivity contribution < 1.29 is 22.1 Å². The lowest BCUT2D eigenvalue weighted by Gasteiger charge is -2.08. The lowest BCUT2D eigenvalue weighted by molar-refractivity contribution is -0.384. The van der Waals surface area contributed by atoms with Crippen LogP contribution in [0, 0.1) is 28.7 Å². The summed E-state index contributed by atoms with van der Waals surface area (Å²) in [7, 11) is -4.30. The van der Waals surface area contributed by atoms with Crippen molar-refractivity contribution in [2.24, 2.45) is 0 Å². The largest absolute Gasteiger partial charge is 0.299 e. The number of nitro benzene ring substituents is 1. The fraction of sp³-hybridized carbons (Fsp3) is 0.100. The number of rotatable bonds is 4. The Bertz CT molecular complexity index is 818. The van der Waals surface area contributed by atoms with E-state index in [1.807, 2.05) is 0 Å². The predicted molar refractivity (Wildman–Crippen MR) is 67.1 cm³/mol. The van der Waals surface area contributed by atoms with E-state index in [2.05, 4.69) is 10.2 Å². The first-order valence-corrected chi connectivity index (χ1v) is 6.87. The van der Waals surface area contributed by atoms with Crippen LogP contribution in [-0.2, 0) is 10.0 Å². The molecule has 0 bridgehead atoms. The zero-order valence-corrected chi connectivity index (χ0v) is 11.2. The van der Waals surface area contributed by atoms with E-state index in [-0.39, 0.29) is 10.6 Å². The van der Waals surface area contributed by atoms with Gasteiger partial charge in [0.15, 0.2) is 11.5 Å². The van der Waals surface area contributed by atoms with Gasteiger partial charge in [0.25, 0.3) is 15.7 Å². The van der Waals surface area contributed by atoms with Crippen LogP contribution in [0.3, 0.4) is 0 Å². The minimum absolute atomic E-state index is 0.160. The molecule has 0 aliphatic heterocycles. The molecule has 0 aliphatic rings. The number of H-pyrrole nitrogens is 1. The topological polar surface area (TPSA) is 118 Å². The molecule has 0 fully saturated rings. The highest BCUT2D eigenvalue weighted by Gasteiger charge is 2.27. The van der Waals surface area contributed by atoms with Gasteiger partial charge in [0.05, 0.1) is 22.9 Å². The number of hydrogen-bond donors (Lipinski definition) is 2. The molecule has 1 aromatic carbocycles. The zero-order valence-electron chi connectivity index (χ0n) is 10.4. The lowest BCUT2D eigenvalue weighted by Crippen LogP contribution is -2.16. The Morgan fingerprint density at radius 1 is 1.38 bits per heavy atom. The van der Waals surface area contributed by atoms with Crippen LogP contribution in [0.4, 0.5) is 20.2 Å². The molecule has 2 rings (SSSR count). The van der Waals surface area contributed by atoms with Crippen molar-refractivity contribution in [3.05, 3.63) is 45.8 Å². The number of nitro groups is 1. The Kier molecular flexibility index (Phi) is 3.60. The summed E-state index contributed by atoms with van der Waals surface area (Å²) in [6.07, 6.45) is 0.963. The van der Waals surface area contributed by atoms with Gasteiger partial charge < -0.3 is 0 Å². The van der Waals surface area contributed by atoms with Crippen LogP contribution < -0.4 is 4.72 Å². The van der Waals surface area contributed by atoms with Crippen molar-refractivity contribution in [3.63, 3.8) is 0 Å². The molecule has 0 aliphatic carbocycles. The second kappa shape index (κ2) is 5.09. The Balaban J connectivity index is 2.54. The fourth-order valence-corrected chi connectivity index (χ4v) is 2.83. The number of aryl methyl sites for hydroxylation is 1. The Morgan fingerprint density at radius 2 is 2.05 bits per heavy atom. The van der Waals surface area contributed by atoms with E-state index in [0.717, 1.165) is 6.20 Å². The molecule has 0 amide bonds. The second-order valence-electron chi connectivity index (χ2n) is 4.00. The summed E-state index contributed by atoms with van der Waals surface area (Å²) in [6, 6.07) is 0.760. The van der Waals surface area contributed by atoms with Crippen molar-refractivity contribution in [1.82, 2.24) is 10.2 Å². The average molecular weight is 318 g/mol. The number of anilines is 1. The highest BCUT2D eigenvalue weighted by Crippen LogP contribution is 2.30. The van der Waals surface area contributed by atoms with Crippen LogP contribution in [-0.4, -0.2) is 23.5 Å². The number of sulfonamides is 1. The number of nitrogens with one attached hydrogen (secondary N) is 2. The normalized spacial score (nSPS) is 11.4. The molecular formula is C10H8F2N4O4S. The van der Waals surface area contributed by atoms with Crippen LogP contribution >= 0.6 is 0 Å². The van der Waals surface area contributed by atoms with Crippen molar-refractivity contribution >= 4 is 21.4 Å². The first-order chi connectivity index (χ1) is 9.72. The monoisotopic (exact) mass is 318 g/mol. The molecule has 0 spiro atoms. The molecule has 112 valence electrons. The first kappa shape index (κ1) is 14.8. The van der Waals surface area contributed by atoms with Crippen molar-refractivity contribution in [1.29, 1.82) is 0 Å². The van der Waals surface area contributed by atoms with Gasteiger partial charge in [-0.15, -0.1) is 0 Å². The molecule has 1 heterocycles. The highest BCUT2D eigenvalue weighted by molar-refractivity contribution is 7.92. The molecule has 21 heavy (non-hydrogen) atoms. The van der Waals surface area contributed by atoms with E-state index in [1.165, 1.54) is 6.92 Å². The van der Waals surface area contributed by atoms with Gasteiger partial charge in [0.2, 0.25) is 0 Å². The van der Waals surface area contributed by atoms with Crippen LogP contribution in [0.25, 0.3) is 0 Å². The van der Waals surface area contributed by atoms with Crippen molar-refractivity contribution in [2.45, 2.75) is 11.8 Å². The van der Waals surface area contributed by atoms with Crippen LogP contribution in [0.5, 0.6) is 0 Å². The third kappa shape index (κ3) is 2.81. The number of aromatic amines is 1. The molecule has 2 N–H and O–H groups in total. The molecule has 0 radical (unpaired) electrons. The smallest absolute Gasteiger partial charge is 0.281 e.